The Hall–Kier alpha value is -1.75. The second kappa shape index (κ2) is 6.13. The van der Waals surface area contributed by atoms with Crippen LogP contribution in [0, 0.1) is 0 Å². The van der Waals surface area contributed by atoms with Crippen LogP contribution in [0.3, 0.4) is 0 Å². The van der Waals surface area contributed by atoms with Gasteiger partial charge in [-0.2, -0.15) is 5.10 Å². The zero-order chi connectivity index (χ0) is 13.8. The summed E-state index contributed by atoms with van der Waals surface area (Å²) in [5.41, 5.74) is 1.95. The van der Waals surface area contributed by atoms with Gasteiger partial charge in [-0.15, -0.1) is 0 Å². The molecule has 0 aliphatic carbocycles. The molecule has 0 unspecified atom stereocenters. The first kappa shape index (κ1) is 13.2. The van der Waals surface area contributed by atoms with Crippen LogP contribution >= 0.6 is 0 Å². The van der Waals surface area contributed by atoms with Gasteiger partial charge in [0.05, 0.1) is 24.8 Å². The lowest BCUT2D eigenvalue weighted by Gasteiger charge is -2.11. The smallest absolute Gasteiger partial charge is 0.248 e. The molecule has 5 nitrogen and oxygen atoms in total. The van der Waals surface area contributed by atoms with Gasteiger partial charge >= 0.3 is 0 Å². The highest BCUT2D eigenvalue weighted by molar-refractivity contribution is 6.05. The molecule has 1 amide bonds. The van der Waals surface area contributed by atoms with Crippen LogP contribution in [-0.2, 0) is 16.0 Å². The molecule has 1 aromatic heterocycles. The fourth-order valence-electron chi connectivity index (χ4n) is 2.65. The molecule has 5 heteroatoms. The van der Waals surface area contributed by atoms with Crippen molar-refractivity contribution in [1.29, 1.82) is 0 Å². The minimum Gasteiger partial charge on any atom is -0.378 e. The lowest BCUT2D eigenvalue weighted by Crippen LogP contribution is -2.23. The number of carbonyl (C=O) groups is 1. The highest BCUT2D eigenvalue weighted by Gasteiger charge is 2.27. The Morgan fingerprint density at radius 3 is 3.10 bits per heavy atom. The summed E-state index contributed by atoms with van der Waals surface area (Å²) < 4.78 is 5.59. The summed E-state index contributed by atoms with van der Waals surface area (Å²) in [4.78, 5) is 16.2. The minimum atomic E-state index is 0.0916. The first-order chi connectivity index (χ1) is 9.81. The van der Waals surface area contributed by atoms with Crippen LogP contribution < -0.4 is 0 Å². The average molecular weight is 273 g/mol. The molecule has 3 rings (SSSR count). The lowest BCUT2D eigenvalue weighted by atomic mass is 10.1. The topological polar surface area (TPSA) is 54.8 Å². The van der Waals surface area contributed by atoms with E-state index < -0.39 is 0 Å². The number of carbonyl (C=O) groups excluding carboxylic acids is 1. The fourth-order valence-corrected chi connectivity index (χ4v) is 2.65. The summed E-state index contributed by atoms with van der Waals surface area (Å²) in [7, 11) is 0. The Bertz CT molecular complexity index is 495. The van der Waals surface area contributed by atoms with Gasteiger partial charge in [-0.05, 0) is 25.0 Å². The molecule has 20 heavy (non-hydrogen) atoms. The number of rotatable bonds is 5. The molecule has 3 heterocycles. The van der Waals surface area contributed by atoms with E-state index in [1.54, 1.807) is 11.2 Å². The summed E-state index contributed by atoms with van der Waals surface area (Å²) in [6, 6.07) is 5.82. The number of nitrogens with zero attached hydrogens (tertiary/aromatic N) is 3. The van der Waals surface area contributed by atoms with E-state index in [2.05, 4.69) is 10.1 Å². The van der Waals surface area contributed by atoms with Gasteiger partial charge in [0.15, 0.2) is 0 Å². The van der Waals surface area contributed by atoms with Gasteiger partial charge in [0, 0.05) is 31.3 Å². The van der Waals surface area contributed by atoms with Crippen LogP contribution in [0.15, 0.2) is 29.5 Å². The Morgan fingerprint density at radius 2 is 2.35 bits per heavy atom. The third kappa shape index (κ3) is 3.22. The summed E-state index contributed by atoms with van der Waals surface area (Å²) in [5.74, 6) is 0.0916. The third-order valence-electron chi connectivity index (χ3n) is 3.70. The van der Waals surface area contributed by atoms with Crippen molar-refractivity contribution in [2.45, 2.75) is 38.2 Å². The van der Waals surface area contributed by atoms with E-state index in [1.807, 2.05) is 18.2 Å². The summed E-state index contributed by atoms with van der Waals surface area (Å²) >= 11 is 0. The lowest BCUT2D eigenvalue weighted by molar-refractivity contribution is -0.128. The summed E-state index contributed by atoms with van der Waals surface area (Å²) in [6.45, 7) is 1.44. The molecule has 1 saturated heterocycles. The number of pyridine rings is 1. The number of hydrogen-bond acceptors (Lipinski definition) is 4. The predicted octanol–water partition coefficient (Wildman–Crippen LogP) is 1.78. The van der Waals surface area contributed by atoms with Gasteiger partial charge < -0.3 is 4.74 Å². The van der Waals surface area contributed by atoms with E-state index in [9.17, 15) is 4.79 Å². The Balaban J connectivity index is 1.53. The molecule has 0 N–H and O–H groups in total. The third-order valence-corrected chi connectivity index (χ3v) is 3.70. The summed E-state index contributed by atoms with van der Waals surface area (Å²) in [6.07, 6.45) is 6.22. The molecule has 2 aliphatic rings. The van der Waals surface area contributed by atoms with Crippen LogP contribution in [0.5, 0.6) is 0 Å². The van der Waals surface area contributed by atoms with Crippen LogP contribution in [0.2, 0.25) is 0 Å². The Kier molecular flexibility index (Phi) is 4.06. The second-order valence-corrected chi connectivity index (χ2v) is 5.27. The van der Waals surface area contributed by atoms with Gasteiger partial charge in [0.25, 0.3) is 0 Å². The predicted molar refractivity (Wildman–Crippen MR) is 75.3 cm³/mol. The van der Waals surface area contributed by atoms with Crippen LogP contribution in [-0.4, -0.2) is 40.9 Å². The van der Waals surface area contributed by atoms with Crippen molar-refractivity contribution in [2.75, 3.05) is 13.2 Å². The standard InChI is InChI=1S/C15H19N3O2/c19-15-11-13(10-14-5-3-9-20-14)17-18(15)8-6-12-4-1-2-7-16-12/h1-2,4,7,14H,3,5-6,8-11H2/t14-/m1/s1. The first-order valence-electron chi connectivity index (χ1n) is 7.19. The van der Waals surface area contributed by atoms with Crippen molar-refractivity contribution in [2.24, 2.45) is 5.10 Å². The average Bonchev–Trinajstić information content (AvgIpc) is 3.08. The van der Waals surface area contributed by atoms with E-state index in [1.165, 1.54) is 0 Å². The molecule has 1 fully saturated rings. The highest BCUT2D eigenvalue weighted by atomic mass is 16.5. The van der Waals surface area contributed by atoms with Crippen molar-refractivity contribution < 1.29 is 9.53 Å². The molecule has 0 bridgehead atoms. The molecular weight excluding hydrogens is 254 g/mol. The molecule has 106 valence electrons. The fraction of sp³-hybridized carbons (Fsp3) is 0.533. The van der Waals surface area contributed by atoms with Crippen LogP contribution in [0.4, 0.5) is 0 Å². The maximum Gasteiger partial charge on any atom is 0.248 e. The minimum absolute atomic E-state index is 0.0916. The van der Waals surface area contributed by atoms with E-state index in [0.717, 1.165) is 43.7 Å². The Labute approximate surface area is 118 Å². The van der Waals surface area contributed by atoms with Crippen molar-refractivity contribution >= 4 is 11.6 Å². The molecule has 0 spiro atoms. The van der Waals surface area contributed by atoms with Gasteiger partial charge in [-0.1, -0.05) is 6.07 Å². The quantitative estimate of drug-likeness (QED) is 0.821. The number of aromatic nitrogens is 1. The van der Waals surface area contributed by atoms with E-state index in [0.29, 0.717) is 13.0 Å². The van der Waals surface area contributed by atoms with Gasteiger partial charge in [0.1, 0.15) is 0 Å². The zero-order valence-electron chi connectivity index (χ0n) is 11.5. The second-order valence-electron chi connectivity index (χ2n) is 5.27. The summed E-state index contributed by atoms with van der Waals surface area (Å²) in [5, 5.41) is 6.02. The number of ether oxygens (including phenoxy) is 1. The number of amides is 1. The Morgan fingerprint density at radius 1 is 1.40 bits per heavy atom. The number of hydrazone groups is 1. The van der Waals surface area contributed by atoms with Crippen LogP contribution in [0.25, 0.3) is 0 Å². The normalized spacial score (nSPS) is 22.4. The first-order valence-corrected chi connectivity index (χ1v) is 7.19. The van der Waals surface area contributed by atoms with Crippen LogP contribution in [0.1, 0.15) is 31.4 Å². The number of hydrogen-bond donors (Lipinski definition) is 0. The molecule has 0 radical (unpaired) electrons. The molecular formula is C15H19N3O2. The maximum atomic E-state index is 11.9. The van der Waals surface area contributed by atoms with E-state index in [4.69, 9.17) is 4.74 Å². The SMILES string of the molecule is O=C1CC(C[C@H]2CCCO2)=NN1CCc1ccccn1. The molecule has 2 aliphatic heterocycles. The van der Waals surface area contributed by atoms with E-state index in [-0.39, 0.29) is 12.0 Å². The zero-order valence-corrected chi connectivity index (χ0v) is 11.5. The van der Waals surface area contributed by atoms with Gasteiger partial charge in [0.2, 0.25) is 5.91 Å². The van der Waals surface area contributed by atoms with Crippen molar-refractivity contribution in [1.82, 2.24) is 9.99 Å². The molecule has 0 saturated carbocycles. The molecule has 1 atom stereocenters. The molecule has 1 aromatic rings. The van der Waals surface area contributed by atoms with Crippen molar-refractivity contribution in [3.63, 3.8) is 0 Å². The van der Waals surface area contributed by atoms with E-state index >= 15 is 0 Å². The largest absolute Gasteiger partial charge is 0.378 e. The maximum absolute atomic E-state index is 11.9. The van der Waals surface area contributed by atoms with Crippen molar-refractivity contribution in [3.8, 4) is 0 Å². The van der Waals surface area contributed by atoms with Gasteiger partial charge in [-0.3, -0.25) is 9.78 Å². The monoisotopic (exact) mass is 273 g/mol. The van der Waals surface area contributed by atoms with Crippen molar-refractivity contribution in [3.05, 3.63) is 30.1 Å². The molecule has 0 aromatic carbocycles. The highest BCUT2D eigenvalue weighted by Crippen LogP contribution is 2.20. The van der Waals surface area contributed by atoms with Gasteiger partial charge in [-0.25, -0.2) is 5.01 Å².